The molecule has 0 saturated carbocycles. The van der Waals surface area contributed by atoms with Crippen LogP contribution in [0.4, 0.5) is 10.1 Å². The fourth-order valence-electron chi connectivity index (χ4n) is 1.79. The van der Waals surface area contributed by atoms with Crippen LogP contribution in [-0.2, 0) is 15.6 Å². The van der Waals surface area contributed by atoms with Crippen LogP contribution >= 0.6 is 0 Å². The highest BCUT2D eigenvalue weighted by molar-refractivity contribution is 7.90. The second kappa shape index (κ2) is 5.01. The Morgan fingerprint density at radius 2 is 1.89 bits per heavy atom. The Hall–Kier alpha value is -1.88. The molecule has 19 heavy (non-hydrogen) atoms. The Morgan fingerprint density at radius 1 is 1.16 bits per heavy atom. The normalized spacial score (nSPS) is 11.5. The predicted octanol–water partition coefficient (Wildman–Crippen LogP) is 2.69. The summed E-state index contributed by atoms with van der Waals surface area (Å²) in [6.45, 7) is 1.82. The van der Waals surface area contributed by atoms with E-state index in [4.69, 9.17) is 5.73 Å². The van der Waals surface area contributed by atoms with E-state index >= 15 is 0 Å². The monoisotopic (exact) mass is 279 g/mol. The van der Waals surface area contributed by atoms with Crippen LogP contribution < -0.4 is 5.73 Å². The summed E-state index contributed by atoms with van der Waals surface area (Å²) >= 11 is 0. The van der Waals surface area contributed by atoms with Gasteiger partial charge in [-0.15, -0.1) is 0 Å². The summed E-state index contributed by atoms with van der Waals surface area (Å²) in [5.74, 6) is -0.711. The highest BCUT2D eigenvalue weighted by Gasteiger charge is 2.17. The van der Waals surface area contributed by atoms with E-state index in [-0.39, 0.29) is 16.3 Å². The molecule has 0 saturated heterocycles. The second-order valence-electron chi connectivity index (χ2n) is 4.42. The first-order valence-electron chi connectivity index (χ1n) is 5.72. The zero-order chi connectivity index (χ0) is 14.0. The van der Waals surface area contributed by atoms with Crippen molar-refractivity contribution in [2.24, 2.45) is 0 Å². The number of sulfone groups is 1. The number of anilines is 1. The lowest BCUT2D eigenvalue weighted by atomic mass is 10.2. The van der Waals surface area contributed by atoms with E-state index in [2.05, 4.69) is 0 Å². The van der Waals surface area contributed by atoms with Crippen LogP contribution in [-0.4, -0.2) is 8.42 Å². The maximum atomic E-state index is 12.9. The number of halogens is 1. The highest BCUT2D eigenvalue weighted by atomic mass is 32.2. The average Bonchev–Trinajstić information content (AvgIpc) is 2.33. The molecule has 0 fully saturated rings. The standard InChI is InChI=1S/C14H14FNO2S/c1-10-3-2-4-13(7-10)19(17,18)9-11-5-6-12(15)8-14(11)16/h2-8H,9,16H2,1H3. The minimum atomic E-state index is -3.47. The number of nitrogens with two attached hydrogens (primary N) is 1. The van der Waals surface area contributed by atoms with E-state index in [0.29, 0.717) is 5.56 Å². The van der Waals surface area contributed by atoms with E-state index in [0.717, 1.165) is 11.6 Å². The lowest BCUT2D eigenvalue weighted by Crippen LogP contribution is -2.07. The molecule has 0 atom stereocenters. The number of nitrogen functional groups attached to an aromatic ring is 1. The molecule has 0 aromatic heterocycles. The molecule has 5 heteroatoms. The molecule has 2 aromatic carbocycles. The summed E-state index contributed by atoms with van der Waals surface area (Å²) in [7, 11) is -3.47. The van der Waals surface area contributed by atoms with Crippen molar-refractivity contribution in [2.45, 2.75) is 17.6 Å². The van der Waals surface area contributed by atoms with Crippen LogP contribution in [0.5, 0.6) is 0 Å². The molecule has 0 aliphatic carbocycles. The van der Waals surface area contributed by atoms with Crippen molar-refractivity contribution in [1.82, 2.24) is 0 Å². The molecule has 2 aromatic rings. The summed E-state index contributed by atoms with van der Waals surface area (Å²) in [6.07, 6.45) is 0. The largest absolute Gasteiger partial charge is 0.398 e. The van der Waals surface area contributed by atoms with Gasteiger partial charge in [0.05, 0.1) is 10.6 Å². The Bertz CT molecular complexity index is 711. The number of hydrogen-bond donors (Lipinski definition) is 1. The van der Waals surface area contributed by atoms with E-state index < -0.39 is 15.7 Å². The van der Waals surface area contributed by atoms with Crippen LogP contribution in [0.15, 0.2) is 47.4 Å². The van der Waals surface area contributed by atoms with Gasteiger partial charge in [0.1, 0.15) is 5.82 Å². The van der Waals surface area contributed by atoms with Gasteiger partial charge in [-0.1, -0.05) is 18.2 Å². The van der Waals surface area contributed by atoms with E-state index in [9.17, 15) is 12.8 Å². The third-order valence-corrected chi connectivity index (χ3v) is 4.47. The number of hydrogen-bond acceptors (Lipinski definition) is 3. The molecule has 0 aliphatic heterocycles. The molecular weight excluding hydrogens is 265 g/mol. The molecule has 100 valence electrons. The van der Waals surface area contributed by atoms with Gasteiger partial charge in [0, 0.05) is 5.69 Å². The van der Waals surface area contributed by atoms with Crippen molar-refractivity contribution in [3.05, 3.63) is 59.4 Å². The predicted molar refractivity (Wildman–Crippen MR) is 72.9 cm³/mol. The highest BCUT2D eigenvalue weighted by Crippen LogP contribution is 2.21. The third-order valence-electron chi connectivity index (χ3n) is 2.80. The molecule has 0 amide bonds. The molecule has 0 spiro atoms. The van der Waals surface area contributed by atoms with Gasteiger partial charge in [-0.25, -0.2) is 12.8 Å². The van der Waals surface area contributed by atoms with Crippen molar-refractivity contribution in [3.8, 4) is 0 Å². The number of benzene rings is 2. The molecular formula is C14H14FNO2S. The van der Waals surface area contributed by atoms with Crippen molar-refractivity contribution in [2.75, 3.05) is 5.73 Å². The molecule has 2 rings (SSSR count). The molecule has 2 N–H and O–H groups in total. The molecule has 3 nitrogen and oxygen atoms in total. The molecule has 0 radical (unpaired) electrons. The zero-order valence-electron chi connectivity index (χ0n) is 10.4. The Morgan fingerprint density at radius 3 is 2.53 bits per heavy atom. The van der Waals surface area contributed by atoms with Crippen molar-refractivity contribution in [1.29, 1.82) is 0 Å². The van der Waals surface area contributed by atoms with Gasteiger partial charge >= 0.3 is 0 Å². The summed E-state index contributed by atoms with van der Waals surface area (Å²) in [5.41, 5.74) is 7.06. The van der Waals surface area contributed by atoms with Crippen LogP contribution in [0.1, 0.15) is 11.1 Å². The number of rotatable bonds is 3. The maximum Gasteiger partial charge on any atom is 0.182 e. The van der Waals surface area contributed by atoms with Crippen molar-refractivity contribution < 1.29 is 12.8 Å². The van der Waals surface area contributed by atoms with Gasteiger partial charge in [-0.2, -0.15) is 0 Å². The second-order valence-corrected chi connectivity index (χ2v) is 6.41. The smallest absolute Gasteiger partial charge is 0.182 e. The van der Waals surface area contributed by atoms with Gasteiger partial charge in [0.2, 0.25) is 0 Å². The summed E-state index contributed by atoms with van der Waals surface area (Å²) in [6, 6.07) is 10.4. The third kappa shape index (κ3) is 3.12. The van der Waals surface area contributed by atoms with Crippen LogP contribution in [0, 0.1) is 12.7 Å². The van der Waals surface area contributed by atoms with Gasteiger partial charge < -0.3 is 5.73 Å². The van der Waals surface area contributed by atoms with Gasteiger partial charge in [-0.3, -0.25) is 0 Å². The van der Waals surface area contributed by atoms with Crippen molar-refractivity contribution in [3.63, 3.8) is 0 Å². The summed E-state index contributed by atoms with van der Waals surface area (Å²) < 4.78 is 37.4. The number of aryl methyl sites for hydroxylation is 1. The fourth-order valence-corrected chi connectivity index (χ4v) is 3.28. The summed E-state index contributed by atoms with van der Waals surface area (Å²) in [4.78, 5) is 0.247. The lowest BCUT2D eigenvalue weighted by Gasteiger charge is -2.08. The minimum absolute atomic E-state index is 0.149. The van der Waals surface area contributed by atoms with Crippen LogP contribution in [0.2, 0.25) is 0 Å². The Labute approximate surface area is 111 Å². The topological polar surface area (TPSA) is 60.2 Å². The first kappa shape index (κ1) is 13.5. The first-order valence-corrected chi connectivity index (χ1v) is 7.37. The zero-order valence-corrected chi connectivity index (χ0v) is 11.2. The van der Waals surface area contributed by atoms with Crippen LogP contribution in [0.25, 0.3) is 0 Å². The first-order chi connectivity index (χ1) is 8.88. The molecule has 0 bridgehead atoms. The Balaban J connectivity index is 2.36. The maximum absolute atomic E-state index is 12.9. The van der Waals surface area contributed by atoms with E-state index in [1.165, 1.54) is 12.1 Å². The Kier molecular flexibility index (Phi) is 3.57. The van der Waals surface area contributed by atoms with Crippen molar-refractivity contribution >= 4 is 15.5 Å². The molecule has 0 unspecified atom stereocenters. The summed E-state index contributed by atoms with van der Waals surface area (Å²) in [5, 5.41) is 0. The quantitative estimate of drug-likeness (QED) is 0.879. The van der Waals surface area contributed by atoms with E-state index in [1.807, 2.05) is 13.0 Å². The average molecular weight is 279 g/mol. The minimum Gasteiger partial charge on any atom is -0.398 e. The molecule has 0 heterocycles. The fraction of sp³-hybridized carbons (Fsp3) is 0.143. The van der Waals surface area contributed by atoms with E-state index in [1.54, 1.807) is 18.2 Å². The van der Waals surface area contributed by atoms with Gasteiger partial charge in [0.25, 0.3) is 0 Å². The van der Waals surface area contributed by atoms with Gasteiger partial charge in [-0.05, 0) is 42.3 Å². The SMILES string of the molecule is Cc1cccc(S(=O)(=O)Cc2ccc(F)cc2N)c1. The molecule has 0 aliphatic rings. The van der Waals surface area contributed by atoms with Gasteiger partial charge in [0.15, 0.2) is 9.84 Å². The lowest BCUT2D eigenvalue weighted by molar-refractivity contribution is 0.595. The van der Waals surface area contributed by atoms with Crippen LogP contribution in [0.3, 0.4) is 0 Å².